The summed E-state index contributed by atoms with van der Waals surface area (Å²) < 4.78 is 2.15. The van der Waals surface area contributed by atoms with Gasteiger partial charge in [-0.3, -0.25) is 0 Å². The average Bonchev–Trinajstić information content (AvgIpc) is 2.56. The Morgan fingerprint density at radius 1 is 1.50 bits per heavy atom. The van der Waals surface area contributed by atoms with E-state index in [0.29, 0.717) is 5.75 Å². The van der Waals surface area contributed by atoms with E-state index in [0.717, 1.165) is 26.7 Å². The SMILES string of the molecule is CCCSc1nc2ccc(O)cc2s1. The van der Waals surface area contributed by atoms with Crippen molar-refractivity contribution in [3.63, 3.8) is 0 Å². The summed E-state index contributed by atoms with van der Waals surface area (Å²) in [5.74, 6) is 1.42. The van der Waals surface area contributed by atoms with Gasteiger partial charge in [-0.15, -0.1) is 11.3 Å². The van der Waals surface area contributed by atoms with E-state index in [4.69, 9.17) is 0 Å². The molecule has 2 rings (SSSR count). The lowest BCUT2D eigenvalue weighted by atomic mass is 10.3. The molecule has 0 aliphatic rings. The minimum absolute atomic E-state index is 0.313. The van der Waals surface area contributed by atoms with Gasteiger partial charge in [-0.25, -0.2) is 4.98 Å². The second-order valence-corrected chi connectivity index (χ2v) is 5.35. The first-order valence-electron chi connectivity index (χ1n) is 4.52. The van der Waals surface area contributed by atoms with Crippen LogP contribution in [0.4, 0.5) is 0 Å². The Morgan fingerprint density at radius 2 is 2.36 bits per heavy atom. The van der Waals surface area contributed by atoms with Crippen LogP contribution in [0.1, 0.15) is 13.3 Å². The molecule has 2 aromatic rings. The fourth-order valence-corrected chi connectivity index (χ4v) is 3.17. The molecule has 0 saturated heterocycles. The van der Waals surface area contributed by atoms with E-state index in [1.165, 1.54) is 0 Å². The molecule has 0 bridgehead atoms. The van der Waals surface area contributed by atoms with Crippen LogP contribution in [0, 0.1) is 0 Å². The molecule has 0 spiro atoms. The lowest BCUT2D eigenvalue weighted by molar-refractivity contribution is 0.476. The minimum Gasteiger partial charge on any atom is -0.508 e. The van der Waals surface area contributed by atoms with Crippen LogP contribution in [-0.4, -0.2) is 15.8 Å². The summed E-state index contributed by atoms with van der Waals surface area (Å²) in [5.41, 5.74) is 0.978. The van der Waals surface area contributed by atoms with Crippen LogP contribution >= 0.6 is 23.1 Å². The van der Waals surface area contributed by atoms with Gasteiger partial charge >= 0.3 is 0 Å². The highest BCUT2D eigenvalue weighted by Crippen LogP contribution is 2.31. The fourth-order valence-electron chi connectivity index (χ4n) is 1.14. The molecular weight excluding hydrogens is 214 g/mol. The number of aromatic hydroxyl groups is 1. The lowest BCUT2D eigenvalue weighted by Crippen LogP contribution is -1.73. The maximum Gasteiger partial charge on any atom is 0.151 e. The first-order chi connectivity index (χ1) is 6.79. The predicted molar refractivity (Wildman–Crippen MR) is 62.3 cm³/mol. The molecular formula is C10H11NOS2. The number of hydrogen-bond donors (Lipinski definition) is 1. The first-order valence-corrected chi connectivity index (χ1v) is 6.32. The number of thioether (sulfide) groups is 1. The molecule has 0 saturated carbocycles. The van der Waals surface area contributed by atoms with Gasteiger partial charge in [0.15, 0.2) is 4.34 Å². The van der Waals surface area contributed by atoms with Crippen LogP contribution in [0.5, 0.6) is 5.75 Å². The van der Waals surface area contributed by atoms with Gasteiger partial charge in [0.25, 0.3) is 0 Å². The van der Waals surface area contributed by atoms with Crippen molar-refractivity contribution >= 4 is 33.3 Å². The van der Waals surface area contributed by atoms with Crippen LogP contribution < -0.4 is 0 Å². The minimum atomic E-state index is 0.313. The van der Waals surface area contributed by atoms with Gasteiger partial charge in [0.05, 0.1) is 10.2 Å². The zero-order valence-electron chi connectivity index (χ0n) is 7.86. The van der Waals surface area contributed by atoms with E-state index in [1.54, 1.807) is 35.2 Å². The molecule has 1 N–H and O–H groups in total. The van der Waals surface area contributed by atoms with E-state index in [2.05, 4.69) is 11.9 Å². The highest BCUT2D eigenvalue weighted by atomic mass is 32.2. The molecule has 0 aliphatic heterocycles. The van der Waals surface area contributed by atoms with Crippen molar-refractivity contribution in [1.82, 2.24) is 4.98 Å². The highest BCUT2D eigenvalue weighted by molar-refractivity contribution is 8.01. The Bertz CT molecular complexity index is 439. The van der Waals surface area contributed by atoms with Crippen molar-refractivity contribution < 1.29 is 5.11 Å². The Balaban J connectivity index is 2.32. The maximum atomic E-state index is 9.29. The number of thiazole rings is 1. The smallest absolute Gasteiger partial charge is 0.151 e. The number of fused-ring (bicyclic) bond motifs is 1. The summed E-state index contributed by atoms with van der Waals surface area (Å²) in [6, 6.07) is 5.30. The van der Waals surface area contributed by atoms with Crippen LogP contribution in [0.15, 0.2) is 22.5 Å². The summed E-state index contributed by atoms with van der Waals surface area (Å²) in [4.78, 5) is 4.46. The van der Waals surface area contributed by atoms with Crippen molar-refractivity contribution in [2.45, 2.75) is 17.7 Å². The molecule has 0 atom stereocenters. The topological polar surface area (TPSA) is 33.1 Å². The molecule has 74 valence electrons. The van der Waals surface area contributed by atoms with Gasteiger partial charge < -0.3 is 5.11 Å². The average molecular weight is 225 g/mol. The highest BCUT2D eigenvalue weighted by Gasteiger charge is 2.03. The maximum absolute atomic E-state index is 9.29. The van der Waals surface area contributed by atoms with Crippen LogP contribution in [0.3, 0.4) is 0 Å². The van der Waals surface area contributed by atoms with Gasteiger partial charge in [-0.05, 0) is 24.6 Å². The van der Waals surface area contributed by atoms with Gasteiger partial charge in [0.1, 0.15) is 5.75 Å². The normalized spacial score (nSPS) is 10.9. The van der Waals surface area contributed by atoms with Crippen LogP contribution in [0.2, 0.25) is 0 Å². The molecule has 2 nitrogen and oxygen atoms in total. The predicted octanol–water partition coefficient (Wildman–Crippen LogP) is 3.50. The quantitative estimate of drug-likeness (QED) is 0.811. The Morgan fingerprint density at radius 3 is 3.14 bits per heavy atom. The summed E-state index contributed by atoms with van der Waals surface area (Å²) in [5, 5.41) is 9.29. The first kappa shape index (κ1) is 9.80. The molecule has 0 radical (unpaired) electrons. The number of phenolic OH excluding ortho intramolecular Hbond substituents is 1. The number of nitrogens with zero attached hydrogens (tertiary/aromatic N) is 1. The van der Waals surface area contributed by atoms with E-state index in [9.17, 15) is 5.11 Å². The van der Waals surface area contributed by atoms with E-state index >= 15 is 0 Å². The molecule has 1 aromatic carbocycles. The molecule has 14 heavy (non-hydrogen) atoms. The number of benzene rings is 1. The van der Waals surface area contributed by atoms with Crippen molar-refractivity contribution in [2.24, 2.45) is 0 Å². The van der Waals surface area contributed by atoms with Crippen molar-refractivity contribution in [2.75, 3.05) is 5.75 Å². The third kappa shape index (κ3) is 2.01. The monoisotopic (exact) mass is 225 g/mol. The molecule has 1 aromatic heterocycles. The zero-order valence-corrected chi connectivity index (χ0v) is 9.49. The van der Waals surface area contributed by atoms with E-state index in [-0.39, 0.29) is 0 Å². The van der Waals surface area contributed by atoms with Gasteiger partial charge in [0.2, 0.25) is 0 Å². The fraction of sp³-hybridized carbons (Fsp3) is 0.300. The standard InChI is InChI=1S/C10H11NOS2/c1-2-5-13-10-11-8-4-3-7(12)6-9(8)14-10/h3-4,6,12H,2,5H2,1H3. The third-order valence-electron chi connectivity index (χ3n) is 1.78. The van der Waals surface area contributed by atoms with Crippen LogP contribution in [0.25, 0.3) is 10.2 Å². The summed E-state index contributed by atoms with van der Waals surface area (Å²) in [6.45, 7) is 2.16. The number of phenols is 1. The molecule has 0 amide bonds. The largest absolute Gasteiger partial charge is 0.508 e. The van der Waals surface area contributed by atoms with Gasteiger partial charge in [-0.2, -0.15) is 0 Å². The number of rotatable bonds is 3. The van der Waals surface area contributed by atoms with Crippen molar-refractivity contribution in [1.29, 1.82) is 0 Å². The Hall–Kier alpha value is -0.740. The molecule has 0 aliphatic carbocycles. The summed E-state index contributed by atoms with van der Waals surface area (Å²) in [6.07, 6.45) is 1.16. The van der Waals surface area contributed by atoms with E-state index in [1.807, 2.05) is 6.07 Å². The third-order valence-corrected chi connectivity index (χ3v) is 4.15. The Kier molecular flexibility index (Phi) is 2.93. The number of hydrogen-bond acceptors (Lipinski definition) is 4. The van der Waals surface area contributed by atoms with Gasteiger partial charge in [-0.1, -0.05) is 18.7 Å². The molecule has 0 unspecified atom stereocenters. The summed E-state index contributed by atoms with van der Waals surface area (Å²) in [7, 11) is 0. The number of aromatic nitrogens is 1. The van der Waals surface area contributed by atoms with Crippen molar-refractivity contribution in [3.05, 3.63) is 18.2 Å². The Labute approximate surface area is 91.0 Å². The van der Waals surface area contributed by atoms with Gasteiger partial charge in [0, 0.05) is 5.75 Å². The van der Waals surface area contributed by atoms with E-state index < -0.39 is 0 Å². The molecule has 4 heteroatoms. The van der Waals surface area contributed by atoms with Crippen molar-refractivity contribution in [3.8, 4) is 5.75 Å². The lowest BCUT2D eigenvalue weighted by Gasteiger charge is -1.89. The molecule has 0 fully saturated rings. The van der Waals surface area contributed by atoms with Crippen LogP contribution in [-0.2, 0) is 0 Å². The zero-order chi connectivity index (χ0) is 9.97. The second-order valence-electron chi connectivity index (χ2n) is 2.98. The summed E-state index contributed by atoms with van der Waals surface area (Å²) >= 11 is 3.42. The second kappa shape index (κ2) is 4.19. The molecule has 1 heterocycles.